The summed E-state index contributed by atoms with van der Waals surface area (Å²) in [5.41, 5.74) is 1.37. The van der Waals surface area contributed by atoms with Gasteiger partial charge in [-0.05, 0) is 19.8 Å². The molecule has 0 spiro atoms. The minimum atomic E-state index is -0.158. The van der Waals surface area contributed by atoms with Gasteiger partial charge in [-0.15, -0.1) is 0 Å². The van der Waals surface area contributed by atoms with Crippen molar-refractivity contribution in [3.8, 4) is 0 Å². The van der Waals surface area contributed by atoms with Crippen LogP contribution in [0, 0.1) is 5.92 Å². The van der Waals surface area contributed by atoms with Crippen molar-refractivity contribution in [2.75, 3.05) is 0 Å². The van der Waals surface area contributed by atoms with Gasteiger partial charge in [-0.25, -0.2) is 0 Å². The van der Waals surface area contributed by atoms with Crippen LogP contribution in [-0.4, -0.2) is 11.2 Å². The van der Waals surface area contributed by atoms with Gasteiger partial charge in [0.05, 0.1) is 6.10 Å². The van der Waals surface area contributed by atoms with Crippen molar-refractivity contribution in [3.05, 3.63) is 23.8 Å². The van der Waals surface area contributed by atoms with Gasteiger partial charge in [-0.3, -0.25) is 0 Å². The van der Waals surface area contributed by atoms with Gasteiger partial charge in [0, 0.05) is 5.92 Å². The van der Waals surface area contributed by atoms with E-state index in [9.17, 15) is 5.11 Å². The van der Waals surface area contributed by atoms with Crippen molar-refractivity contribution in [2.24, 2.45) is 5.92 Å². The highest BCUT2D eigenvalue weighted by molar-refractivity contribution is 5.18. The van der Waals surface area contributed by atoms with Crippen molar-refractivity contribution in [1.82, 2.24) is 0 Å². The number of aliphatic hydroxyl groups excluding tert-OH is 1. The molecule has 2 unspecified atom stereocenters. The van der Waals surface area contributed by atoms with Crippen LogP contribution < -0.4 is 0 Å². The molecular weight excluding hydrogens is 136 g/mol. The van der Waals surface area contributed by atoms with Crippen molar-refractivity contribution < 1.29 is 5.11 Å². The normalized spacial score (nSPS) is 26.5. The van der Waals surface area contributed by atoms with E-state index in [-0.39, 0.29) is 6.10 Å². The molecule has 0 aromatic carbocycles. The average Bonchev–Trinajstić information content (AvgIpc) is 2.03. The van der Waals surface area contributed by atoms with Gasteiger partial charge in [0.2, 0.25) is 0 Å². The van der Waals surface area contributed by atoms with Crippen LogP contribution in [-0.2, 0) is 0 Å². The highest BCUT2D eigenvalue weighted by Gasteiger charge is 2.16. The van der Waals surface area contributed by atoms with Crippen LogP contribution in [0.4, 0.5) is 0 Å². The average molecular weight is 152 g/mol. The van der Waals surface area contributed by atoms with Gasteiger partial charge in [0.1, 0.15) is 0 Å². The zero-order valence-corrected chi connectivity index (χ0v) is 7.25. The summed E-state index contributed by atoms with van der Waals surface area (Å²) >= 11 is 0. The number of allylic oxidation sites excluding steroid dienone is 3. The molecule has 62 valence electrons. The number of hydrogen-bond donors (Lipinski definition) is 1. The smallest absolute Gasteiger partial charge is 0.0603 e. The Morgan fingerprint density at radius 1 is 1.73 bits per heavy atom. The Balaban J connectivity index is 2.52. The Bertz CT molecular complexity index is 179. The molecule has 1 aliphatic rings. The maximum atomic E-state index is 9.52. The molecule has 1 rings (SSSR count). The van der Waals surface area contributed by atoms with Crippen LogP contribution in [0.5, 0.6) is 0 Å². The molecule has 2 atom stereocenters. The third-order valence-corrected chi connectivity index (χ3v) is 2.21. The van der Waals surface area contributed by atoms with E-state index in [1.807, 2.05) is 13.0 Å². The van der Waals surface area contributed by atoms with Crippen LogP contribution in [0.1, 0.15) is 26.7 Å². The van der Waals surface area contributed by atoms with Crippen LogP contribution in [0.25, 0.3) is 0 Å². The third-order valence-electron chi connectivity index (χ3n) is 2.21. The first-order valence-electron chi connectivity index (χ1n) is 4.26. The zero-order chi connectivity index (χ0) is 8.27. The first-order valence-corrected chi connectivity index (χ1v) is 4.26. The predicted molar refractivity (Wildman–Crippen MR) is 47.3 cm³/mol. The van der Waals surface area contributed by atoms with E-state index in [1.54, 1.807) is 0 Å². The summed E-state index contributed by atoms with van der Waals surface area (Å²) in [5.74, 6) is 0.352. The fraction of sp³-hybridized carbons (Fsp3) is 0.600. The lowest BCUT2D eigenvalue weighted by molar-refractivity contribution is 0.125. The molecule has 0 bridgehead atoms. The SMILES string of the molecule is CCC(O)C1C=CC=C(C)C1. The largest absolute Gasteiger partial charge is 0.393 e. The van der Waals surface area contributed by atoms with Crippen molar-refractivity contribution >= 4 is 0 Å². The molecule has 0 aromatic rings. The van der Waals surface area contributed by atoms with Crippen LogP contribution in [0.15, 0.2) is 23.8 Å². The Morgan fingerprint density at radius 3 is 3.00 bits per heavy atom. The summed E-state index contributed by atoms with van der Waals surface area (Å²) in [5, 5.41) is 9.52. The van der Waals surface area contributed by atoms with Crippen molar-refractivity contribution in [1.29, 1.82) is 0 Å². The highest BCUT2D eigenvalue weighted by Crippen LogP contribution is 2.22. The second-order valence-corrected chi connectivity index (χ2v) is 3.24. The number of aliphatic hydroxyl groups is 1. The lowest BCUT2D eigenvalue weighted by atomic mass is 9.89. The topological polar surface area (TPSA) is 20.2 Å². The Labute approximate surface area is 68.4 Å². The Morgan fingerprint density at radius 2 is 2.45 bits per heavy atom. The van der Waals surface area contributed by atoms with E-state index in [0.717, 1.165) is 12.8 Å². The highest BCUT2D eigenvalue weighted by atomic mass is 16.3. The van der Waals surface area contributed by atoms with Gasteiger partial charge >= 0.3 is 0 Å². The zero-order valence-electron chi connectivity index (χ0n) is 7.25. The molecule has 11 heavy (non-hydrogen) atoms. The molecule has 0 aliphatic heterocycles. The quantitative estimate of drug-likeness (QED) is 0.643. The third kappa shape index (κ3) is 2.19. The Kier molecular flexibility index (Phi) is 2.89. The molecule has 0 amide bonds. The van der Waals surface area contributed by atoms with E-state index in [4.69, 9.17) is 0 Å². The van der Waals surface area contributed by atoms with E-state index < -0.39 is 0 Å². The summed E-state index contributed by atoms with van der Waals surface area (Å²) in [6.45, 7) is 4.13. The summed E-state index contributed by atoms with van der Waals surface area (Å²) in [6, 6.07) is 0. The van der Waals surface area contributed by atoms with Crippen LogP contribution in [0.3, 0.4) is 0 Å². The standard InChI is InChI=1S/C10H16O/c1-3-10(11)9-6-4-5-8(2)7-9/h4-6,9-11H,3,7H2,1-2H3. The molecule has 0 saturated heterocycles. The molecule has 0 radical (unpaired) electrons. The van der Waals surface area contributed by atoms with E-state index in [1.165, 1.54) is 5.57 Å². The van der Waals surface area contributed by atoms with E-state index >= 15 is 0 Å². The second-order valence-electron chi connectivity index (χ2n) is 3.24. The molecule has 1 heteroatoms. The summed E-state index contributed by atoms with van der Waals surface area (Å²) < 4.78 is 0. The van der Waals surface area contributed by atoms with E-state index in [2.05, 4.69) is 19.1 Å². The molecule has 0 saturated carbocycles. The molecule has 0 fully saturated rings. The minimum absolute atomic E-state index is 0.158. The first kappa shape index (κ1) is 8.54. The molecule has 1 N–H and O–H groups in total. The summed E-state index contributed by atoms with van der Waals surface area (Å²) in [4.78, 5) is 0. The van der Waals surface area contributed by atoms with Gasteiger partial charge in [-0.1, -0.05) is 30.7 Å². The Hall–Kier alpha value is -0.560. The maximum Gasteiger partial charge on any atom is 0.0603 e. The molecule has 0 aromatic heterocycles. The summed E-state index contributed by atoms with van der Waals surface area (Å²) in [7, 11) is 0. The molecule has 0 heterocycles. The molecule has 1 aliphatic carbocycles. The number of rotatable bonds is 2. The lowest BCUT2D eigenvalue weighted by Gasteiger charge is -2.20. The maximum absolute atomic E-state index is 9.52. The van der Waals surface area contributed by atoms with Gasteiger partial charge < -0.3 is 5.11 Å². The second kappa shape index (κ2) is 3.72. The molecular formula is C10H16O. The summed E-state index contributed by atoms with van der Waals surface area (Å²) in [6.07, 6.45) is 7.96. The van der Waals surface area contributed by atoms with Crippen LogP contribution >= 0.6 is 0 Å². The lowest BCUT2D eigenvalue weighted by Crippen LogP contribution is -2.18. The number of hydrogen-bond acceptors (Lipinski definition) is 1. The minimum Gasteiger partial charge on any atom is -0.393 e. The monoisotopic (exact) mass is 152 g/mol. The molecule has 1 nitrogen and oxygen atoms in total. The van der Waals surface area contributed by atoms with Crippen LogP contribution in [0.2, 0.25) is 0 Å². The van der Waals surface area contributed by atoms with Crippen molar-refractivity contribution in [3.63, 3.8) is 0 Å². The van der Waals surface area contributed by atoms with Gasteiger partial charge in [0.25, 0.3) is 0 Å². The van der Waals surface area contributed by atoms with Crippen molar-refractivity contribution in [2.45, 2.75) is 32.8 Å². The predicted octanol–water partition coefficient (Wildman–Crippen LogP) is 2.28. The van der Waals surface area contributed by atoms with E-state index in [0.29, 0.717) is 5.92 Å². The van der Waals surface area contributed by atoms with Gasteiger partial charge in [0.15, 0.2) is 0 Å². The first-order chi connectivity index (χ1) is 5.24. The van der Waals surface area contributed by atoms with Gasteiger partial charge in [-0.2, -0.15) is 0 Å². The fourth-order valence-electron chi connectivity index (χ4n) is 1.44. The fourth-order valence-corrected chi connectivity index (χ4v) is 1.44.